The maximum Gasteiger partial charge on any atom is 0.262 e. The molecule has 0 radical (unpaired) electrons. The summed E-state index contributed by atoms with van der Waals surface area (Å²) in [6, 6.07) is 3.79. The monoisotopic (exact) mass is 394 g/mol. The van der Waals surface area contributed by atoms with Crippen molar-refractivity contribution in [1.82, 2.24) is 19.2 Å². The summed E-state index contributed by atoms with van der Waals surface area (Å²) in [6.45, 7) is 6.63. The summed E-state index contributed by atoms with van der Waals surface area (Å²) in [5.74, 6) is 0.934. The highest BCUT2D eigenvalue weighted by Crippen LogP contribution is 2.24. The Hall–Kier alpha value is -2.13. The van der Waals surface area contributed by atoms with E-state index in [1.165, 1.54) is 10.6 Å². The van der Waals surface area contributed by atoms with E-state index in [0.29, 0.717) is 31.7 Å². The van der Waals surface area contributed by atoms with Crippen LogP contribution in [-0.4, -0.2) is 41.3 Å². The van der Waals surface area contributed by atoms with Gasteiger partial charge in [-0.3, -0.25) is 4.79 Å². The maximum atomic E-state index is 12.9. The second-order valence-electron chi connectivity index (χ2n) is 7.19. The molecule has 1 fully saturated rings. The van der Waals surface area contributed by atoms with E-state index in [9.17, 15) is 13.2 Å². The number of piperidine rings is 1. The van der Waals surface area contributed by atoms with Crippen LogP contribution in [0.1, 0.15) is 44.3 Å². The summed E-state index contributed by atoms with van der Waals surface area (Å²) >= 11 is 0. The lowest BCUT2D eigenvalue weighted by atomic mass is 9.99. The first-order valence-electron chi connectivity index (χ1n) is 9.14. The molecule has 1 saturated heterocycles. The van der Waals surface area contributed by atoms with Crippen LogP contribution in [0.5, 0.6) is 0 Å². The maximum absolute atomic E-state index is 12.9. The first kappa shape index (κ1) is 19.6. The van der Waals surface area contributed by atoms with E-state index in [1.807, 2.05) is 32.9 Å². The standard InChI is InChI=1S/C18H26N4O4S/c1-13(2)21-11-17(20-12-21)27(24,25)22-8-4-5-15(10-22)18(23)19-9-16-7-6-14(3)26-16/h6-7,11-13,15H,4-5,8-10H2,1-3H3,(H,19,23)/t15-/m0/s1. The van der Waals surface area contributed by atoms with Crippen LogP contribution in [-0.2, 0) is 21.4 Å². The molecule has 2 aromatic rings. The number of carbonyl (C=O) groups excluding carboxylic acids is 1. The van der Waals surface area contributed by atoms with Gasteiger partial charge in [-0.2, -0.15) is 4.31 Å². The molecule has 1 aliphatic heterocycles. The number of furan rings is 1. The van der Waals surface area contributed by atoms with Gasteiger partial charge in [-0.15, -0.1) is 0 Å². The van der Waals surface area contributed by atoms with Crippen molar-refractivity contribution in [2.75, 3.05) is 13.1 Å². The Bertz CT molecular complexity index is 900. The molecule has 0 unspecified atom stereocenters. The van der Waals surface area contributed by atoms with Gasteiger partial charge in [-0.05, 0) is 45.7 Å². The van der Waals surface area contributed by atoms with Gasteiger partial charge in [0.15, 0.2) is 5.03 Å². The summed E-state index contributed by atoms with van der Waals surface area (Å²) in [5.41, 5.74) is 0. The number of sulfonamides is 1. The van der Waals surface area contributed by atoms with E-state index in [2.05, 4.69) is 10.3 Å². The Labute approximate surface area is 159 Å². The van der Waals surface area contributed by atoms with Gasteiger partial charge in [-0.1, -0.05) is 0 Å². The molecule has 1 atom stereocenters. The van der Waals surface area contributed by atoms with Crippen LogP contribution in [0.2, 0.25) is 0 Å². The van der Waals surface area contributed by atoms with E-state index in [1.54, 1.807) is 10.8 Å². The highest BCUT2D eigenvalue weighted by Gasteiger charge is 2.34. The third-order valence-corrected chi connectivity index (χ3v) is 6.52. The number of nitrogens with one attached hydrogen (secondary N) is 1. The Balaban J connectivity index is 1.64. The smallest absolute Gasteiger partial charge is 0.262 e. The number of imidazole rings is 1. The quantitative estimate of drug-likeness (QED) is 0.809. The SMILES string of the molecule is Cc1ccc(CNC(=O)[C@H]2CCCN(S(=O)(=O)c3cn(C(C)C)cn3)C2)o1. The van der Waals surface area contributed by atoms with Crippen molar-refractivity contribution in [3.63, 3.8) is 0 Å². The Morgan fingerprint density at radius 2 is 2.19 bits per heavy atom. The van der Waals surface area contributed by atoms with Crippen molar-refractivity contribution in [2.24, 2.45) is 5.92 Å². The van der Waals surface area contributed by atoms with Crippen molar-refractivity contribution in [3.05, 3.63) is 36.2 Å². The molecule has 1 amide bonds. The van der Waals surface area contributed by atoms with Crippen LogP contribution in [0.15, 0.2) is 34.1 Å². The molecule has 0 spiro atoms. The minimum atomic E-state index is -3.70. The average molecular weight is 394 g/mol. The molecule has 3 rings (SSSR count). The van der Waals surface area contributed by atoms with Gasteiger partial charge in [0.25, 0.3) is 10.0 Å². The third-order valence-electron chi connectivity index (χ3n) is 4.77. The number of amides is 1. The zero-order valence-corrected chi connectivity index (χ0v) is 16.7. The fourth-order valence-corrected chi connectivity index (χ4v) is 4.58. The highest BCUT2D eigenvalue weighted by molar-refractivity contribution is 7.89. The Morgan fingerprint density at radius 1 is 1.41 bits per heavy atom. The molecule has 1 N–H and O–H groups in total. The van der Waals surface area contributed by atoms with Crippen molar-refractivity contribution in [2.45, 2.75) is 51.2 Å². The summed E-state index contributed by atoms with van der Waals surface area (Å²) < 4.78 is 34.3. The molecule has 0 saturated carbocycles. The third kappa shape index (κ3) is 4.41. The molecular formula is C18H26N4O4S. The normalized spacial score (nSPS) is 18.7. The lowest BCUT2D eigenvalue weighted by Gasteiger charge is -2.30. The molecule has 0 aromatic carbocycles. The Kier molecular flexibility index (Phi) is 5.71. The van der Waals surface area contributed by atoms with E-state index < -0.39 is 10.0 Å². The minimum absolute atomic E-state index is 0.0309. The van der Waals surface area contributed by atoms with Crippen molar-refractivity contribution < 1.29 is 17.6 Å². The number of aromatic nitrogens is 2. The van der Waals surface area contributed by atoms with Crippen LogP contribution in [0.3, 0.4) is 0 Å². The fourth-order valence-electron chi connectivity index (χ4n) is 3.14. The van der Waals surface area contributed by atoms with Crippen LogP contribution < -0.4 is 5.32 Å². The number of hydrogen-bond acceptors (Lipinski definition) is 5. The predicted octanol–water partition coefficient (Wildman–Crippen LogP) is 2.08. The van der Waals surface area contributed by atoms with Crippen LogP contribution in [0.4, 0.5) is 0 Å². The first-order chi connectivity index (χ1) is 12.8. The number of rotatable bonds is 6. The number of nitrogens with zero attached hydrogens (tertiary/aromatic N) is 3. The largest absolute Gasteiger partial charge is 0.465 e. The van der Waals surface area contributed by atoms with Crippen LogP contribution in [0.25, 0.3) is 0 Å². The second-order valence-corrected chi connectivity index (χ2v) is 9.07. The second kappa shape index (κ2) is 7.85. The van der Waals surface area contributed by atoms with Crippen LogP contribution in [0, 0.1) is 12.8 Å². The molecule has 2 aromatic heterocycles. The Morgan fingerprint density at radius 3 is 2.81 bits per heavy atom. The van der Waals surface area contributed by atoms with Crippen molar-refractivity contribution >= 4 is 15.9 Å². The number of hydrogen-bond donors (Lipinski definition) is 1. The zero-order chi connectivity index (χ0) is 19.6. The molecule has 1 aliphatic rings. The summed E-state index contributed by atoms with van der Waals surface area (Å²) in [4.78, 5) is 16.5. The predicted molar refractivity (Wildman–Crippen MR) is 99.4 cm³/mol. The zero-order valence-electron chi connectivity index (χ0n) is 15.9. The molecule has 9 heteroatoms. The summed E-state index contributed by atoms with van der Waals surface area (Å²) in [7, 11) is -3.70. The molecule has 148 valence electrons. The first-order valence-corrected chi connectivity index (χ1v) is 10.6. The summed E-state index contributed by atoms with van der Waals surface area (Å²) in [6.07, 6.45) is 4.37. The molecule has 8 nitrogen and oxygen atoms in total. The van der Waals surface area contributed by atoms with Gasteiger partial charge >= 0.3 is 0 Å². The molecule has 0 aliphatic carbocycles. The van der Waals surface area contributed by atoms with Crippen molar-refractivity contribution in [3.8, 4) is 0 Å². The minimum Gasteiger partial charge on any atom is -0.465 e. The van der Waals surface area contributed by atoms with E-state index in [-0.39, 0.29) is 29.4 Å². The molecule has 0 bridgehead atoms. The van der Waals surface area contributed by atoms with Gasteiger partial charge in [0.2, 0.25) is 5.91 Å². The van der Waals surface area contributed by atoms with Gasteiger partial charge < -0.3 is 14.3 Å². The molecule has 27 heavy (non-hydrogen) atoms. The van der Waals surface area contributed by atoms with Gasteiger partial charge in [0.1, 0.15) is 11.5 Å². The van der Waals surface area contributed by atoms with Gasteiger partial charge in [0.05, 0.1) is 18.8 Å². The molecule has 3 heterocycles. The highest BCUT2D eigenvalue weighted by atomic mass is 32.2. The average Bonchev–Trinajstić information content (AvgIpc) is 3.29. The number of carbonyl (C=O) groups is 1. The van der Waals surface area contributed by atoms with Gasteiger partial charge in [-0.25, -0.2) is 13.4 Å². The van der Waals surface area contributed by atoms with E-state index in [4.69, 9.17) is 4.42 Å². The molecular weight excluding hydrogens is 368 g/mol. The van der Waals surface area contributed by atoms with Crippen molar-refractivity contribution in [1.29, 1.82) is 0 Å². The van der Waals surface area contributed by atoms with Crippen LogP contribution >= 0.6 is 0 Å². The van der Waals surface area contributed by atoms with E-state index in [0.717, 1.165) is 5.76 Å². The topological polar surface area (TPSA) is 97.4 Å². The fraction of sp³-hybridized carbons (Fsp3) is 0.556. The van der Waals surface area contributed by atoms with Gasteiger partial charge in [0, 0.05) is 25.3 Å². The lowest BCUT2D eigenvalue weighted by molar-refractivity contribution is -0.126. The number of aryl methyl sites for hydroxylation is 1. The lowest BCUT2D eigenvalue weighted by Crippen LogP contribution is -2.45. The summed E-state index contributed by atoms with van der Waals surface area (Å²) in [5, 5.41) is 2.87. The van der Waals surface area contributed by atoms with E-state index >= 15 is 0 Å².